The number of hydrogen-bond acceptors (Lipinski definition) is 3. The maximum Gasteiger partial charge on any atom is 0.143 e. The minimum absolute atomic E-state index is 0.738. The SMILES string of the molecule is COc1cc2c(cc1N)CCCN2C. The standard InChI is InChI=1S/C11H16N2O/c1-13-5-3-4-8-6-9(12)11(14-2)7-10(8)13/h6-7H,3-5,12H2,1-2H3. The number of methoxy groups -OCH3 is 1. The van der Waals surface area contributed by atoms with E-state index in [-0.39, 0.29) is 0 Å². The fraction of sp³-hybridized carbons (Fsp3) is 0.455. The van der Waals surface area contributed by atoms with E-state index in [1.165, 1.54) is 17.7 Å². The van der Waals surface area contributed by atoms with Crippen LogP contribution in [-0.2, 0) is 6.42 Å². The number of ether oxygens (including phenoxy) is 1. The van der Waals surface area contributed by atoms with Crippen molar-refractivity contribution in [1.29, 1.82) is 0 Å². The highest BCUT2D eigenvalue weighted by Gasteiger charge is 2.15. The number of nitrogens with two attached hydrogens (primary N) is 1. The van der Waals surface area contributed by atoms with E-state index < -0.39 is 0 Å². The van der Waals surface area contributed by atoms with Crippen molar-refractivity contribution in [2.24, 2.45) is 0 Å². The highest BCUT2D eigenvalue weighted by molar-refractivity contribution is 5.67. The van der Waals surface area contributed by atoms with Crippen molar-refractivity contribution in [3.05, 3.63) is 17.7 Å². The average molecular weight is 192 g/mol. The van der Waals surface area contributed by atoms with Crippen molar-refractivity contribution in [1.82, 2.24) is 0 Å². The van der Waals surface area contributed by atoms with E-state index >= 15 is 0 Å². The average Bonchev–Trinajstić information content (AvgIpc) is 2.17. The molecule has 0 spiro atoms. The quantitative estimate of drug-likeness (QED) is 0.688. The lowest BCUT2D eigenvalue weighted by atomic mass is 10.0. The van der Waals surface area contributed by atoms with Crippen LogP contribution in [0.4, 0.5) is 11.4 Å². The predicted octanol–water partition coefficient (Wildman–Crippen LogP) is 1.66. The molecular formula is C11H16N2O. The molecule has 1 aromatic rings. The maximum absolute atomic E-state index is 5.86. The molecule has 1 heterocycles. The van der Waals surface area contributed by atoms with Crippen LogP contribution in [-0.4, -0.2) is 20.7 Å². The molecular weight excluding hydrogens is 176 g/mol. The molecule has 0 unspecified atom stereocenters. The molecule has 76 valence electrons. The topological polar surface area (TPSA) is 38.5 Å². The van der Waals surface area contributed by atoms with Gasteiger partial charge in [0.25, 0.3) is 0 Å². The van der Waals surface area contributed by atoms with Crippen LogP contribution in [0.2, 0.25) is 0 Å². The van der Waals surface area contributed by atoms with Crippen LogP contribution in [0, 0.1) is 0 Å². The van der Waals surface area contributed by atoms with Gasteiger partial charge in [0.2, 0.25) is 0 Å². The first kappa shape index (κ1) is 9.19. The third-order valence-corrected chi connectivity index (χ3v) is 2.78. The summed E-state index contributed by atoms with van der Waals surface area (Å²) in [7, 11) is 3.76. The molecule has 0 radical (unpaired) electrons. The largest absolute Gasteiger partial charge is 0.495 e. The van der Waals surface area contributed by atoms with Crippen molar-refractivity contribution in [2.45, 2.75) is 12.8 Å². The van der Waals surface area contributed by atoms with E-state index in [0.717, 1.165) is 24.4 Å². The van der Waals surface area contributed by atoms with Gasteiger partial charge >= 0.3 is 0 Å². The van der Waals surface area contributed by atoms with Crippen LogP contribution < -0.4 is 15.4 Å². The highest BCUT2D eigenvalue weighted by atomic mass is 16.5. The Kier molecular flexibility index (Phi) is 2.23. The lowest BCUT2D eigenvalue weighted by Crippen LogP contribution is -2.24. The third-order valence-electron chi connectivity index (χ3n) is 2.78. The summed E-state index contributed by atoms with van der Waals surface area (Å²) in [4.78, 5) is 2.25. The Bertz CT molecular complexity index is 349. The van der Waals surface area contributed by atoms with Crippen molar-refractivity contribution >= 4 is 11.4 Å². The molecule has 0 saturated carbocycles. The molecule has 2 rings (SSSR count). The van der Waals surface area contributed by atoms with Gasteiger partial charge in [-0.3, -0.25) is 0 Å². The summed E-state index contributed by atoms with van der Waals surface area (Å²) in [5.41, 5.74) is 9.18. The number of benzene rings is 1. The Morgan fingerprint density at radius 2 is 2.21 bits per heavy atom. The van der Waals surface area contributed by atoms with Crippen molar-refractivity contribution < 1.29 is 4.74 Å². The van der Waals surface area contributed by atoms with Gasteiger partial charge in [0.1, 0.15) is 5.75 Å². The lowest BCUT2D eigenvalue weighted by molar-refractivity contribution is 0.416. The Balaban J connectivity index is 2.49. The van der Waals surface area contributed by atoms with Gasteiger partial charge in [0.15, 0.2) is 0 Å². The molecule has 0 atom stereocenters. The van der Waals surface area contributed by atoms with Crippen LogP contribution in [0.15, 0.2) is 12.1 Å². The Labute approximate surface area is 84.5 Å². The van der Waals surface area contributed by atoms with E-state index in [1.807, 2.05) is 12.1 Å². The Hall–Kier alpha value is -1.38. The van der Waals surface area contributed by atoms with Crippen molar-refractivity contribution in [3.63, 3.8) is 0 Å². The zero-order valence-corrected chi connectivity index (χ0v) is 8.71. The summed E-state index contributed by atoms with van der Waals surface area (Å²) in [6, 6.07) is 4.06. The molecule has 14 heavy (non-hydrogen) atoms. The molecule has 0 bridgehead atoms. The fourth-order valence-electron chi connectivity index (χ4n) is 1.99. The smallest absolute Gasteiger partial charge is 0.143 e. The van der Waals surface area contributed by atoms with E-state index in [2.05, 4.69) is 11.9 Å². The van der Waals surface area contributed by atoms with E-state index in [4.69, 9.17) is 10.5 Å². The first-order valence-electron chi connectivity index (χ1n) is 4.90. The molecule has 3 heteroatoms. The van der Waals surface area contributed by atoms with Gasteiger partial charge in [-0.1, -0.05) is 0 Å². The van der Waals surface area contributed by atoms with Crippen LogP contribution in [0.3, 0.4) is 0 Å². The van der Waals surface area contributed by atoms with E-state index in [9.17, 15) is 0 Å². The first-order chi connectivity index (χ1) is 6.72. The summed E-state index contributed by atoms with van der Waals surface area (Å²) in [6.45, 7) is 1.11. The van der Waals surface area contributed by atoms with Gasteiger partial charge < -0.3 is 15.4 Å². The van der Waals surface area contributed by atoms with E-state index in [1.54, 1.807) is 7.11 Å². The molecule has 1 aliphatic rings. The normalized spacial score (nSPS) is 15.1. The van der Waals surface area contributed by atoms with Crippen LogP contribution >= 0.6 is 0 Å². The summed E-state index contributed by atoms with van der Waals surface area (Å²) >= 11 is 0. The van der Waals surface area contributed by atoms with Gasteiger partial charge in [-0.2, -0.15) is 0 Å². The van der Waals surface area contributed by atoms with Crippen LogP contribution in [0.25, 0.3) is 0 Å². The second-order valence-corrected chi connectivity index (χ2v) is 3.75. The molecule has 1 aromatic carbocycles. The van der Waals surface area contributed by atoms with Crippen molar-refractivity contribution in [3.8, 4) is 5.75 Å². The molecule has 1 aliphatic heterocycles. The van der Waals surface area contributed by atoms with Crippen LogP contribution in [0.1, 0.15) is 12.0 Å². The zero-order valence-electron chi connectivity index (χ0n) is 8.71. The fourth-order valence-corrected chi connectivity index (χ4v) is 1.99. The molecule has 0 fully saturated rings. The van der Waals surface area contributed by atoms with Gasteiger partial charge in [0.05, 0.1) is 12.8 Å². The van der Waals surface area contributed by atoms with Gasteiger partial charge in [0, 0.05) is 25.3 Å². The molecule has 3 nitrogen and oxygen atoms in total. The number of fused-ring (bicyclic) bond motifs is 1. The Morgan fingerprint density at radius 1 is 1.43 bits per heavy atom. The molecule has 0 aliphatic carbocycles. The number of nitrogens with zero attached hydrogens (tertiary/aromatic N) is 1. The number of hydrogen-bond donors (Lipinski definition) is 1. The summed E-state index contributed by atoms with van der Waals surface area (Å²) < 4.78 is 5.21. The molecule has 2 N–H and O–H groups in total. The zero-order chi connectivity index (χ0) is 10.1. The van der Waals surface area contributed by atoms with Crippen LogP contribution in [0.5, 0.6) is 5.75 Å². The predicted molar refractivity (Wildman–Crippen MR) is 59.0 cm³/mol. The number of anilines is 2. The minimum atomic E-state index is 0.738. The molecule has 0 amide bonds. The van der Waals surface area contributed by atoms with Gasteiger partial charge in [-0.05, 0) is 24.5 Å². The van der Waals surface area contributed by atoms with Crippen molar-refractivity contribution in [2.75, 3.05) is 31.3 Å². The molecule has 0 aromatic heterocycles. The lowest BCUT2D eigenvalue weighted by Gasteiger charge is -2.28. The van der Waals surface area contributed by atoms with E-state index in [0.29, 0.717) is 0 Å². The number of aryl methyl sites for hydroxylation is 1. The highest BCUT2D eigenvalue weighted by Crippen LogP contribution is 2.34. The Morgan fingerprint density at radius 3 is 2.93 bits per heavy atom. The number of rotatable bonds is 1. The summed E-state index contributed by atoms with van der Waals surface area (Å²) in [5.74, 6) is 0.775. The third kappa shape index (κ3) is 1.39. The maximum atomic E-state index is 5.86. The van der Waals surface area contributed by atoms with Gasteiger partial charge in [-0.25, -0.2) is 0 Å². The second-order valence-electron chi connectivity index (χ2n) is 3.75. The molecule has 0 saturated heterocycles. The first-order valence-corrected chi connectivity index (χ1v) is 4.90. The number of nitrogen functional groups attached to an aromatic ring is 1. The van der Waals surface area contributed by atoms with Gasteiger partial charge in [-0.15, -0.1) is 0 Å². The second kappa shape index (κ2) is 3.40. The summed E-state index contributed by atoms with van der Waals surface area (Å²) in [5, 5.41) is 0. The monoisotopic (exact) mass is 192 g/mol. The summed E-state index contributed by atoms with van der Waals surface area (Å²) in [6.07, 6.45) is 2.32. The minimum Gasteiger partial charge on any atom is -0.495 e.